The number of benzene rings is 1. The van der Waals surface area contributed by atoms with Crippen LogP contribution < -0.4 is 5.32 Å². The second kappa shape index (κ2) is 7.19. The third kappa shape index (κ3) is 4.22. The highest BCUT2D eigenvalue weighted by Crippen LogP contribution is 2.29. The fourth-order valence-electron chi connectivity index (χ4n) is 2.26. The Bertz CT molecular complexity index is 826. The first-order valence-electron chi connectivity index (χ1n) is 7.70. The van der Waals surface area contributed by atoms with E-state index in [1.54, 1.807) is 25.6 Å². The van der Waals surface area contributed by atoms with Crippen LogP contribution in [-0.2, 0) is 22.8 Å². The van der Waals surface area contributed by atoms with Crippen molar-refractivity contribution in [3.8, 4) is 0 Å². The molecule has 0 aliphatic heterocycles. The summed E-state index contributed by atoms with van der Waals surface area (Å²) in [6.07, 6.45) is -5.63. The summed E-state index contributed by atoms with van der Waals surface area (Å²) in [5.74, 6) is -1.45. The number of aryl methyl sites for hydroxylation is 2. The summed E-state index contributed by atoms with van der Waals surface area (Å²) in [6, 6.07) is 3.57. The maximum atomic E-state index is 12.5. The van der Waals surface area contributed by atoms with Crippen LogP contribution in [0.2, 0.25) is 0 Å². The Morgan fingerprint density at radius 3 is 2.23 bits per heavy atom. The number of nitrogens with zero attached hydrogens (tertiary/aromatic N) is 2. The lowest BCUT2D eigenvalue weighted by molar-refractivity contribution is -0.137. The van der Waals surface area contributed by atoms with Gasteiger partial charge in [-0.15, -0.1) is 0 Å². The number of esters is 1. The van der Waals surface area contributed by atoms with Gasteiger partial charge in [-0.05, 0) is 45.0 Å². The minimum Gasteiger partial charge on any atom is -0.449 e. The smallest absolute Gasteiger partial charge is 0.416 e. The lowest BCUT2D eigenvalue weighted by Crippen LogP contribution is -2.30. The van der Waals surface area contributed by atoms with Gasteiger partial charge in [0.25, 0.3) is 5.91 Å². The van der Waals surface area contributed by atoms with Crippen LogP contribution in [0.3, 0.4) is 0 Å². The van der Waals surface area contributed by atoms with Crippen LogP contribution in [0.1, 0.15) is 34.2 Å². The van der Waals surface area contributed by atoms with Gasteiger partial charge in [0.05, 0.1) is 28.2 Å². The molecule has 1 amide bonds. The highest BCUT2D eigenvalue weighted by atomic mass is 19.4. The Hall–Kier alpha value is -2.84. The lowest BCUT2D eigenvalue weighted by Gasteiger charge is -2.14. The molecule has 1 aromatic heterocycles. The summed E-state index contributed by atoms with van der Waals surface area (Å²) in [4.78, 5) is 24.2. The fourth-order valence-corrected chi connectivity index (χ4v) is 2.26. The molecule has 9 heteroatoms. The average Bonchev–Trinajstić information content (AvgIpc) is 2.80. The molecule has 0 radical (unpaired) electrons. The molecule has 0 saturated heterocycles. The molecular weight excluding hydrogens is 351 g/mol. The zero-order chi connectivity index (χ0) is 19.6. The third-order valence-electron chi connectivity index (χ3n) is 3.86. The molecule has 0 fully saturated rings. The number of nitrogens with one attached hydrogen (secondary N) is 1. The van der Waals surface area contributed by atoms with Gasteiger partial charge < -0.3 is 10.1 Å². The number of amides is 1. The quantitative estimate of drug-likeness (QED) is 0.840. The number of hydrogen-bond acceptors (Lipinski definition) is 4. The Kier molecular flexibility index (Phi) is 5.38. The van der Waals surface area contributed by atoms with Gasteiger partial charge in [0, 0.05) is 7.05 Å². The van der Waals surface area contributed by atoms with Gasteiger partial charge in [-0.25, -0.2) is 4.79 Å². The summed E-state index contributed by atoms with van der Waals surface area (Å²) in [5, 5.41) is 6.80. The van der Waals surface area contributed by atoms with E-state index in [1.165, 1.54) is 6.92 Å². The van der Waals surface area contributed by atoms with Crippen molar-refractivity contribution in [3.63, 3.8) is 0 Å². The van der Waals surface area contributed by atoms with Crippen molar-refractivity contribution < 1.29 is 27.5 Å². The second-order valence-electron chi connectivity index (χ2n) is 5.78. The number of aromatic nitrogens is 2. The maximum absolute atomic E-state index is 12.5. The van der Waals surface area contributed by atoms with Crippen LogP contribution in [0.25, 0.3) is 0 Å². The van der Waals surface area contributed by atoms with Crippen LogP contribution in [0.4, 0.5) is 18.9 Å². The van der Waals surface area contributed by atoms with E-state index in [1.807, 2.05) is 0 Å². The molecule has 0 bridgehead atoms. The molecule has 140 valence electrons. The number of carbonyl (C=O) groups is 2. The van der Waals surface area contributed by atoms with E-state index < -0.39 is 29.7 Å². The van der Waals surface area contributed by atoms with Crippen molar-refractivity contribution in [1.82, 2.24) is 9.78 Å². The van der Waals surface area contributed by atoms with Crippen LogP contribution in [0, 0.1) is 13.8 Å². The van der Waals surface area contributed by atoms with Crippen LogP contribution in [0.15, 0.2) is 24.3 Å². The molecule has 2 rings (SSSR count). The van der Waals surface area contributed by atoms with E-state index in [2.05, 4.69) is 10.4 Å². The minimum atomic E-state index is -4.49. The topological polar surface area (TPSA) is 73.2 Å². The number of alkyl halides is 3. The number of hydrogen-bond donors (Lipinski definition) is 1. The molecule has 0 spiro atoms. The molecule has 0 aliphatic rings. The third-order valence-corrected chi connectivity index (χ3v) is 3.86. The van der Waals surface area contributed by atoms with Gasteiger partial charge in [-0.3, -0.25) is 9.48 Å². The van der Waals surface area contributed by atoms with Crippen LogP contribution in [0.5, 0.6) is 0 Å². The number of ether oxygens (including phenoxy) is 1. The first-order valence-corrected chi connectivity index (χ1v) is 7.70. The van der Waals surface area contributed by atoms with Crippen molar-refractivity contribution in [2.24, 2.45) is 7.05 Å². The van der Waals surface area contributed by atoms with E-state index in [4.69, 9.17) is 4.74 Å². The molecule has 26 heavy (non-hydrogen) atoms. The van der Waals surface area contributed by atoms with Crippen molar-refractivity contribution in [3.05, 3.63) is 46.8 Å². The lowest BCUT2D eigenvalue weighted by atomic mass is 10.1. The molecule has 0 saturated carbocycles. The highest BCUT2D eigenvalue weighted by Gasteiger charge is 2.30. The van der Waals surface area contributed by atoms with Crippen LogP contribution in [-0.4, -0.2) is 27.8 Å². The van der Waals surface area contributed by atoms with Crippen LogP contribution >= 0.6 is 0 Å². The minimum absolute atomic E-state index is 0.0774. The average molecular weight is 369 g/mol. The zero-order valence-electron chi connectivity index (χ0n) is 14.6. The molecule has 1 N–H and O–H groups in total. The summed E-state index contributed by atoms with van der Waals surface area (Å²) >= 11 is 0. The van der Waals surface area contributed by atoms with Gasteiger partial charge in [0.1, 0.15) is 0 Å². The standard InChI is InChI=1S/C17H18F3N3O3/c1-9-14(10(2)23(4)22-9)21-15(24)11(3)26-16(25)12-5-7-13(8-6-12)17(18,19)20/h5-8,11H,1-4H3,(H,21,24)/t11-/m1/s1. The SMILES string of the molecule is Cc1nn(C)c(C)c1NC(=O)[C@@H](C)OC(=O)c1ccc(C(F)(F)F)cc1. The fraction of sp³-hybridized carbons (Fsp3) is 0.353. The van der Waals surface area contributed by atoms with Gasteiger partial charge >= 0.3 is 12.1 Å². The maximum Gasteiger partial charge on any atom is 0.416 e. The number of carbonyl (C=O) groups excluding carboxylic acids is 2. The van der Waals surface area contributed by atoms with Crippen molar-refractivity contribution in [1.29, 1.82) is 0 Å². The molecule has 6 nitrogen and oxygen atoms in total. The Morgan fingerprint density at radius 2 is 1.77 bits per heavy atom. The van der Waals surface area contributed by atoms with Gasteiger partial charge in [-0.2, -0.15) is 18.3 Å². The predicted molar refractivity (Wildman–Crippen MR) is 87.6 cm³/mol. The molecule has 0 aliphatic carbocycles. The predicted octanol–water partition coefficient (Wildman–Crippen LogP) is 3.24. The number of anilines is 1. The summed E-state index contributed by atoms with van der Waals surface area (Å²) in [6.45, 7) is 4.87. The van der Waals surface area contributed by atoms with E-state index in [0.29, 0.717) is 11.4 Å². The van der Waals surface area contributed by atoms with E-state index >= 15 is 0 Å². The first kappa shape index (κ1) is 19.5. The normalized spacial score (nSPS) is 12.6. The van der Waals surface area contributed by atoms with E-state index in [-0.39, 0.29) is 5.56 Å². The van der Waals surface area contributed by atoms with Gasteiger partial charge in [0.15, 0.2) is 6.10 Å². The molecule has 1 atom stereocenters. The Morgan fingerprint density at radius 1 is 1.19 bits per heavy atom. The zero-order valence-corrected chi connectivity index (χ0v) is 14.6. The summed E-state index contributed by atoms with van der Waals surface area (Å²) < 4.78 is 44.2. The van der Waals surface area contributed by atoms with Gasteiger partial charge in [-0.1, -0.05) is 0 Å². The summed E-state index contributed by atoms with van der Waals surface area (Å²) in [5.41, 5.74) is 0.917. The van der Waals surface area contributed by atoms with E-state index in [0.717, 1.165) is 30.0 Å². The molecule has 1 aromatic carbocycles. The molecule has 2 aromatic rings. The largest absolute Gasteiger partial charge is 0.449 e. The monoisotopic (exact) mass is 369 g/mol. The van der Waals surface area contributed by atoms with Crippen molar-refractivity contribution >= 4 is 17.6 Å². The second-order valence-corrected chi connectivity index (χ2v) is 5.78. The molecule has 1 heterocycles. The van der Waals surface area contributed by atoms with Crippen molar-refractivity contribution in [2.75, 3.05) is 5.32 Å². The number of rotatable bonds is 4. The van der Waals surface area contributed by atoms with Crippen molar-refractivity contribution in [2.45, 2.75) is 33.1 Å². The summed E-state index contributed by atoms with van der Waals surface area (Å²) in [7, 11) is 1.73. The Labute approximate surface area is 147 Å². The number of halogens is 3. The first-order chi connectivity index (χ1) is 12.0. The van der Waals surface area contributed by atoms with Gasteiger partial charge in [0.2, 0.25) is 0 Å². The highest BCUT2D eigenvalue weighted by molar-refractivity contribution is 5.98. The molecular formula is C17H18F3N3O3. The Balaban J connectivity index is 2.03. The molecule has 0 unspecified atom stereocenters. The van der Waals surface area contributed by atoms with E-state index in [9.17, 15) is 22.8 Å².